The molecule has 6 rings (SSSR count). The van der Waals surface area contributed by atoms with Crippen molar-refractivity contribution in [3.63, 3.8) is 0 Å². The van der Waals surface area contributed by atoms with Gasteiger partial charge in [-0.15, -0.1) is 12.4 Å². The van der Waals surface area contributed by atoms with Crippen LogP contribution in [0, 0.1) is 0 Å². The van der Waals surface area contributed by atoms with Crippen molar-refractivity contribution in [1.82, 2.24) is 5.32 Å². The van der Waals surface area contributed by atoms with Crippen molar-refractivity contribution < 1.29 is 5.11 Å². The van der Waals surface area contributed by atoms with Crippen molar-refractivity contribution in [2.24, 2.45) is 0 Å². The zero-order valence-electron chi connectivity index (χ0n) is 18.4. The predicted octanol–water partition coefficient (Wildman–Crippen LogP) is 5.15. The lowest BCUT2D eigenvalue weighted by atomic mass is 9.68. The average Bonchev–Trinajstić information content (AvgIpc) is 3.15. The summed E-state index contributed by atoms with van der Waals surface area (Å²) in [7, 11) is 0. The second-order valence-electron chi connectivity index (χ2n) is 10.1. The molecule has 2 aromatic rings. The Balaban J connectivity index is 0.00000204. The van der Waals surface area contributed by atoms with E-state index in [9.17, 15) is 5.11 Å². The molecule has 0 bridgehead atoms. The lowest BCUT2D eigenvalue weighted by Crippen LogP contribution is -2.55. The number of piperidine rings is 1. The summed E-state index contributed by atoms with van der Waals surface area (Å²) in [5, 5.41) is 14.2. The first-order valence-corrected chi connectivity index (χ1v) is 12.1. The number of benzene rings is 2. The van der Waals surface area contributed by atoms with Gasteiger partial charge in [0.25, 0.3) is 0 Å². The van der Waals surface area contributed by atoms with E-state index in [-0.39, 0.29) is 24.0 Å². The quantitative estimate of drug-likeness (QED) is 0.680. The molecule has 3 atom stereocenters. The number of anilines is 1. The van der Waals surface area contributed by atoms with Crippen LogP contribution in [0.2, 0.25) is 0 Å². The van der Waals surface area contributed by atoms with Crippen LogP contribution in [0.25, 0.3) is 0 Å². The number of nitrogens with zero attached hydrogens (tertiary/aromatic N) is 1. The van der Waals surface area contributed by atoms with E-state index < -0.39 is 0 Å². The van der Waals surface area contributed by atoms with Crippen LogP contribution in [0.1, 0.15) is 79.0 Å². The number of hydrogen-bond donors (Lipinski definition) is 2. The molecule has 2 heterocycles. The lowest BCUT2D eigenvalue weighted by molar-refractivity contribution is 0.0797. The molecule has 31 heavy (non-hydrogen) atoms. The number of hydrogen-bond acceptors (Lipinski definition) is 3. The Morgan fingerprint density at radius 1 is 0.903 bits per heavy atom. The maximum atomic E-state index is 10.5. The summed E-state index contributed by atoms with van der Waals surface area (Å²) in [6.45, 7) is 3.02. The van der Waals surface area contributed by atoms with Gasteiger partial charge in [0, 0.05) is 30.2 Å². The molecule has 2 N–H and O–H groups in total. The maximum Gasteiger partial charge on any atom is 0.0735 e. The third-order valence-electron chi connectivity index (χ3n) is 8.66. The van der Waals surface area contributed by atoms with Gasteiger partial charge in [-0.1, -0.05) is 36.4 Å². The van der Waals surface area contributed by atoms with Gasteiger partial charge in [-0.25, -0.2) is 0 Å². The Morgan fingerprint density at radius 3 is 2.52 bits per heavy atom. The van der Waals surface area contributed by atoms with Crippen molar-refractivity contribution in [1.29, 1.82) is 0 Å². The molecular weight excluding hydrogens is 404 g/mol. The highest BCUT2D eigenvalue weighted by atomic mass is 35.5. The zero-order chi connectivity index (χ0) is 20.1. The van der Waals surface area contributed by atoms with Crippen LogP contribution in [0.4, 0.5) is 5.69 Å². The zero-order valence-corrected chi connectivity index (χ0v) is 19.2. The number of halogens is 1. The third kappa shape index (κ3) is 3.50. The van der Waals surface area contributed by atoms with E-state index in [1.165, 1.54) is 43.4 Å². The standard InChI is InChI=1S/C27H34N2O.ClH/c30-25-13-16-28-27(25)14-17-29(18-15-27)24-10-2-1-8-22(24)21-12-11-20-6-3-5-19-7-4-9-23(21)26(19)20;/h1-2,4,7-10,20-21,25,28,30H,3,5-6,11-18H2;1H. The molecule has 2 fully saturated rings. The van der Waals surface area contributed by atoms with Crippen molar-refractivity contribution >= 4 is 18.1 Å². The fourth-order valence-corrected chi connectivity index (χ4v) is 7.05. The molecule has 4 heteroatoms. The number of aliphatic hydroxyl groups excluding tert-OH is 1. The van der Waals surface area contributed by atoms with Crippen molar-refractivity contribution in [2.75, 3.05) is 24.5 Å². The highest BCUT2D eigenvalue weighted by Crippen LogP contribution is 2.49. The Bertz CT molecular complexity index is 937. The highest BCUT2D eigenvalue weighted by molar-refractivity contribution is 5.85. The molecule has 2 aromatic carbocycles. The molecule has 3 unspecified atom stereocenters. The van der Waals surface area contributed by atoms with Crippen LogP contribution in [-0.2, 0) is 6.42 Å². The predicted molar refractivity (Wildman–Crippen MR) is 130 cm³/mol. The summed E-state index contributed by atoms with van der Waals surface area (Å²) >= 11 is 0. The van der Waals surface area contributed by atoms with Gasteiger partial charge in [0.05, 0.1) is 6.10 Å². The van der Waals surface area contributed by atoms with Crippen LogP contribution in [0.15, 0.2) is 42.5 Å². The van der Waals surface area contributed by atoms with Crippen molar-refractivity contribution in [3.05, 3.63) is 64.7 Å². The van der Waals surface area contributed by atoms with Gasteiger partial charge in [0.15, 0.2) is 0 Å². The topological polar surface area (TPSA) is 35.5 Å². The first kappa shape index (κ1) is 21.3. The smallest absolute Gasteiger partial charge is 0.0735 e. The van der Waals surface area contributed by atoms with Gasteiger partial charge in [-0.3, -0.25) is 0 Å². The minimum absolute atomic E-state index is 0. The van der Waals surface area contributed by atoms with Gasteiger partial charge in [0.2, 0.25) is 0 Å². The van der Waals surface area contributed by atoms with Crippen molar-refractivity contribution in [3.8, 4) is 0 Å². The Morgan fingerprint density at radius 2 is 1.71 bits per heavy atom. The summed E-state index contributed by atoms with van der Waals surface area (Å²) in [5.74, 6) is 1.31. The Labute approximate surface area is 192 Å². The number of aliphatic hydroxyl groups is 1. The average molecular weight is 439 g/mol. The van der Waals surface area contributed by atoms with E-state index >= 15 is 0 Å². The number of nitrogens with one attached hydrogen (secondary N) is 1. The van der Waals surface area contributed by atoms with Gasteiger partial charge in [-0.2, -0.15) is 0 Å². The SMILES string of the molecule is Cl.OC1CCNC12CCN(c1ccccc1C1CCC3CCCc4cccc1c43)CC2. The van der Waals surface area contributed by atoms with E-state index in [0.29, 0.717) is 5.92 Å². The third-order valence-corrected chi connectivity index (χ3v) is 8.66. The second-order valence-corrected chi connectivity index (χ2v) is 10.1. The van der Waals surface area contributed by atoms with E-state index in [2.05, 4.69) is 52.7 Å². The molecule has 4 aliphatic rings. The summed E-state index contributed by atoms with van der Waals surface area (Å²) in [4.78, 5) is 2.59. The number of aryl methyl sites for hydroxylation is 1. The summed E-state index contributed by atoms with van der Waals surface area (Å²) in [6.07, 6.45) is 9.40. The van der Waals surface area contributed by atoms with Crippen LogP contribution in [0.5, 0.6) is 0 Å². The summed E-state index contributed by atoms with van der Waals surface area (Å²) < 4.78 is 0. The highest BCUT2D eigenvalue weighted by Gasteiger charge is 2.44. The second kappa shape index (κ2) is 8.42. The van der Waals surface area contributed by atoms with E-state index in [4.69, 9.17) is 0 Å². The lowest BCUT2D eigenvalue weighted by Gasteiger charge is -2.44. The molecule has 2 saturated heterocycles. The fraction of sp³-hybridized carbons (Fsp3) is 0.556. The van der Waals surface area contributed by atoms with Gasteiger partial charge in [-0.05, 0) is 92.1 Å². The van der Waals surface area contributed by atoms with Crippen LogP contribution >= 0.6 is 12.4 Å². The summed E-state index contributed by atoms with van der Waals surface area (Å²) in [6, 6.07) is 16.3. The molecule has 0 aromatic heterocycles. The van der Waals surface area contributed by atoms with E-state index in [1.54, 1.807) is 16.7 Å². The molecular formula is C27H35ClN2O. The van der Waals surface area contributed by atoms with Crippen molar-refractivity contribution in [2.45, 2.75) is 74.8 Å². The van der Waals surface area contributed by atoms with Gasteiger partial charge in [0.1, 0.15) is 0 Å². The van der Waals surface area contributed by atoms with E-state index in [1.807, 2.05) is 0 Å². The largest absolute Gasteiger partial charge is 0.391 e. The fourth-order valence-electron chi connectivity index (χ4n) is 7.05. The first-order valence-electron chi connectivity index (χ1n) is 12.1. The molecule has 1 spiro atoms. The molecule has 3 nitrogen and oxygen atoms in total. The molecule has 0 saturated carbocycles. The summed E-state index contributed by atoms with van der Waals surface area (Å²) in [5.41, 5.74) is 7.83. The van der Waals surface area contributed by atoms with Crippen LogP contribution in [0.3, 0.4) is 0 Å². The minimum atomic E-state index is -0.180. The minimum Gasteiger partial charge on any atom is -0.391 e. The molecule has 2 aliphatic carbocycles. The van der Waals surface area contributed by atoms with Gasteiger partial charge < -0.3 is 15.3 Å². The van der Waals surface area contributed by atoms with E-state index in [0.717, 1.165) is 44.8 Å². The van der Waals surface area contributed by atoms with Gasteiger partial charge >= 0.3 is 0 Å². The number of rotatable bonds is 2. The Hall–Kier alpha value is -1.55. The monoisotopic (exact) mass is 438 g/mol. The first-order chi connectivity index (χ1) is 14.8. The number of para-hydroxylation sites is 1. The normalized spacial score (nSPS) is 28.8. The van der Waals surface area contributed by atoms with Crippen LogP contribution in [-0.4, -0.2) is 36.4 Å². The van der Waals surface area contributed by atoms with Crippen LogP contribution < -0.4 is 10.2 Å². The molecule has 0 radical (unpaired) electrons. The Kier molecular flexibility index (Phi) is 5.79. The molecule has 0 amide bonds. The molecule has 2 aliphatic heterocycles. The molecule has 166 valence electrons. The maximum absolute atomic E-state index is 10.5.